The molecule has 0 aliphatic carbocycles. The molecular formula is C11H23N3O. The summed E-state index contributed by atoms with van der Waals surface area (Å²) in [6.45, 7) is 7.38. The molecule has 2 rings (SSSR count). The maximum Gasteiger partial charge on any atom is 0.0850 e. The first-order valence-corrected chi connectivity index (χ1v) is 5.96. The summed E-state index contributed by atoms with van der Waals surface area (Å²) in [6, 6.07) is 0.868. The molecule has 3 atom stereocenters. The first kappa shape index (κ1) is 11.3. The summed E-state index contributed by atoms with van der Waals surface area (Å²) in [4.78, 5) is 4.96. The average molecular weight is 213 g/mol. The second-order valence-corrected chi connectivity index (χ2v) is 4.97. The van der Waals surface area contributed by atoms with Crippen LogP contribution in [0.3, 0.4) is 0 Å². The predicted octanol–water partition coefficient (Wildman–Crippen LogP) is -0.261. The number of nitrogens with zero attached hydrogens (tertiary/aromatic N) is 2. The lowest BCUT2D eigenvalue weighted by Crippen LogP contribution is -2.53. The van der Waals surface area contributed by atoms with Crippen LogP contribution in [0.15, 0.2) is 0 Å². The van der Waals surface area contributed by atoms with Crippen molar-refractivity contribution < 1.29 is 4.74 Å². The normalized spacial score (nSPS) is 37.0. The van der Waals surface area contributed by atoms with E-state index in [1.807, 2.05) is 6.92 Å². The first-order valence-electron chi connectivity index (χ1n) is 5.96. The van der Waals surface area contributed by atoms with Crippen LogP contribution in [0.25, 0.3) is 0 Å². The van der Waals surface area contributed by atoms with Crippen LogP contribution in [0.1, 0.15) is 13.3 Å². The SMILES string of the molecule is CC(N)C1CN(C2CCN(C)C2)CCO1. The predicted molar refractivity (Wildman–Crippen MR) is 60.9 cm³/mol. The molecule has 4 nitrogen and oxygen atoms in total. The highest BCUT2D eigenvalue weighted by Gasteiger charge is 2.31. The third-order valence-electron chi connectivity index (χ3n) is 3.59. The summed E-state index contributed by atoms with van der Waals surface area (Å²) in [6.07, 6.45) is 1.52. The van der Waals surface area contributed by atoms with Crippen molar-refractivity contribution in [3.05, 3.63) is 0 Å². The molecule has 0 aromatic carbocycles. The van der Waals surface area contributed by atoms with Crippen LogP contribution in [-0.4, -0.2) is 67.8 Å². The quantitative estimate of drug-likeness (QED) is 0.686. The molecule has 0 saturated carbocycles. The molecule has 0 bridgehead atoms. The van der Waals surface area contributed by atoms with Gasteiger partial charge >= 0.3 is 0 Å². The summed E-state index contributed by atoms with van der Waals surface area (Å²) in [7, 11) is 2.20. The van der Waals surface area contributed by atoms with E-state index in [1.54, 1.807) is 0 Å². The molecule has 2 N–H and O–H groups in total. The van der Waals surface area contributed by atoms with Crippen LogP contribution in [0.4, 0.5) is 0 Å². The van der Waals surface area contributed by atoms with E-state index in [0.29, 0.717) is 0 Å². The monoisotopic (exact) mass is 213 g/mol. The standard InChI is InChI=1S/C11H23N3O/c1-9(12)11-8-14(5-6-15-11)10-3-4-13(2)7-10/h9-11H,3-8,12H2,1-2H3. The summed E-state index contributed by atoms with van der Waals surface area (Å²) in [5, 5.41) is 0. The minimum atomic E-state index is 0.145. The summed E-state index contributed by atoms with van der Waals surface area (Å²) < 4.78 is 5.68. The van der Waals surface area contributed by atoms with Gasteiger partial charge in [0.05, 0.1) is 12.7 Å². The van der Waals surface area contributed by atoms with Gasteiger partial charge in [-0.15, -0.1) is 0 Å². The van der Waals surface area contributed by atoms with Crippen LogP contribution >= 0.6 is 0 Å². The van der Waals surface area contributed by atoms with Crippen molar-refractivity contribution in [3.8, 4) is 0 Å². The number of rotatable bonds is 2. The van der Waals surface area contributed by atoms with Gasteiger partial charge in [-0.25, -0.2) is 0 Å². The topological polar surface area (TPSA) is 41.7 Å². The number of hydrogen-bond acceptors (Lipinski definition) is 4. The zero-order valence-electron chi connectivity index (χ0n) is 9.85. The average Bonchev–Trinajstić information content (AvgIpc) is 2.65. The van der Waals surface area contributed by atoms with E-state index < -0.39 is 0 Å². The van der Waals surface area contributed by atoms with Gasteiger partial charge < -0.3 is 15.4 Å². The van der Waals surface area contributed by atoms with Gasteiger partial charge in [0.25, 0.3) is 0 Å². The van der Waals surface area contributed by atoms with E-state index >= 15 is 0 Å². The number of morpholine rings is 1. The Hall–Kier alpha value is -0.160. The van der Waals surface area contributed by atoms with Crippen LogP contribution in [0, 0.1) is 0 Å². The van der Waals surface area contributed by atoms with Gasteiger partial charge in [-0.3, -0.25) is 4.90 Å². The Morgan fingerprint density at radius 1 is 1.33 bits per heavy atom. The maximum absolute atomic E-state index is 5.89. The lowest BCUT2D eigenvalue weighted by Gasteiger charge is -2.38. The molecule has 4 heteroatoms. The number of ether oxygens (including phenoxy) is 1. The molecule has 3 unspecified atom stereocenters. The van der Waals surface area contributed by atoms with Crippen molar-refractivity contribution in [3.63, 3.8) is 0 Å². The van der Waals surface area contributed by atoms with E-state index in [1.165, 1.54) is 19.5 Å². The third kappa shape index (κ3) is 2.69. The number of likely N-dealkylation sites (tertiary alicyclic amines) is 1. The van der Waals surface area contributed by atoms with Crippen molar-refractivity contribution in [1.29, 1.82) is 0 Å². The Morgan fingerprint density at radius 3 is 2.73 bits per heavy atom. The largest absolute Gasteiger partial charge is 0.374 e. The molecule has 0 spiro atoms. The molecule has 2 heterocycles. The van der Waals surface area contributed by atoms with Gasteiger partial charge in [0.1, 0.15) is 0 Å². The van der Waals surface area contributed by atoms with E-state index in [0.717, 1.165) is 25.7 Å². The van der Waals surface area contributed by atoms with Gasteiger partial charge in [-0.1, -0.05) is 0 Å². The third-order valence-corrected chi connectivity index (χ3v) is 3.59. The number of likely N-dealkylation sites (N-methyl/N-ethyl adjacent to an activating group) is 1. The molecule has 15 heavy (non-hydrogen) atoms. The van der Waals surface area contributed by atoms with Crippen LogP contribution in [0.2, 0.25) is 0 Å². The molecule has 0 aromatic heterocycles. The Morgan fingerprint density at radius 2 is 2.13 bits per heavy atom. The Bertz CT molecular complexity index is 210. The van der Waals surface area contributed by atoms with Gasteiger partial charge in [-0.05, 0) is 26.9 Å². The van der Waals surface area contributed by atoms with E-state index in [-0.39, 0.29) is 12.1 Å². The molecule has 0 amide bonds. The van der Waals surface area contributed by atoms with E-state index in [2.05, 4.69) is 16.8 Å². The Kier molecular flexibility index (Phi) is 3.61. The zero-order valence-corrected chi connectivity index (χ0v) is 9.85. The fourth-order valence-corrected chi connectivity index (χ4v) is 2.56. The molecule has 2 aliphatic rings. The first-order chi connectivity index (χ1) is 7.16. The van der Waals surface area contributed by atoms with Crippen molar-refractivity contribution in [1.82, 2.24) is 9.80 Å². The van der Waals surface area contributed by atoms with Gasteiger partial charge in [0, 0.05) is 31.7 Å². The summed E-state index contributed by atoms with van der Waals surface area (Å²) in [5.41, 5.74) is 5.89. The Labute approximate surface area is 92.4 Å². The van der Waals surface area contributed by atoms with Gasteiger partial charge in [0.2, 0.25) is 0 Å². The van der Waals surface area contributed by atoms with Crippen molar-refractivity contribution >= 4 is 0 Å². The number of hydrogen-bond donors (Lipinski definition) is 1. The highest BCUT2D eigenvalue weighted by Crippen LogP contribution is 2.18. The van der Waals surface area contributed by atoms with Crippen molar-refractivity contribution in [2.45, 2.75) is 31.5 Å². The van der Waals surface area contributed by atoms with Gasteiger partial charge in [-0.2, -0.15) is 0 Å². The smallest absolute Gasteiger partial charge is 0.0850 e. The van der Waals surface area contributed by atoms with Crippen LogP contribution < -0.4 is 5.73 Å². The van der Waals surface area contributed by atoms with E-state index in [9.17, 15) is 0 Å². The highest BCUT2D eigenvalue weighted by atomic mass is 16.5. The molecule has 0 aromatic rings. The second kappa shape index (κ2) is 4.78. The minimum Gasteiger partial charge on any atom is -0.374 e. The Balaban J connectivity index is 1.87. The van der Waals surface area contributed by atoms with Gasteiger partial charge in [0.15, 0.2) is 0 Å². The molecule has 2 fully saturated rings. The van der Waals surface area contributed by atoms with Crippen molar-refractivity contribution in [2.24, 2.45) is 5.73 Å². The second-order valence-electron chi connectivity index (χ2n) is 4.97. The lowest BCUT2D eigenvalue weighted by molar-refractivity contribution is -0.0499. The lowest BCUT2D eigenvalue weighted by atomic mass is 10.1. The molecular weight excluding hydrogens is 190 g/mol. The summed E-state index contributed by atoms with van der Waals surface area (Å²) in [5.74, 6) is 0. The molecule has 2 saturated heterocycles. The fourth-order valence-electron chi connectivity index (χ4n) is 2.56. The van der Waals surface area contributed by atoms with Crippen molar-refractivity contribution in [2.75, 3.05) is 39.8 Å². The molecule has 88 valence electrons. The fraction of sp³-hybridized carbons (Fsp3) is 1.00. The van der Waals surface area contributed by atoms with Crippen LogP contribution in [0.5, 0.6) is 0 Å². The maximum atomic E-state index is 5.89. The molecule has 2 aliphatic heterocycles. The minimum absolute atomic E-state index is 0.145. The summed E-state index contributed by atoms with van der Waals surface area (Å²) >= 11 is 0. The highest BCUT2D eigenvalue weighted by molar-refractivity contribution is 4.86. The van der Waals surface area contributed by atoms with Crippen LogP contribution in [-0.2, 0) is 4.74 Å². The zero-order chi connectivity index (χ0) is 10.8. The molecule has 0 radical (unpaired) electrons. The number of nitrogens with two attached hydrogens (primary N) is 1. The van der Waals surface area contributed by atoms with E-state index in [4.69, 9.17) is 10.5 Å².